The van der Waals surface area contributed by atoms with Crippen molar-refractivity contribution in [3.8, 4) is 0 Å². The van der Waals surface area contributed by atoms with Crippen LogP contribution >= 0.6 is 11.5 Å². The third-order valence-electron chi connectivity index (χ3n) is 1.89. The van der Waals surface area contributed by atoms with Crippen molar-refractivity contribution in [2.24, 2.45) is 0 Å². The molecular weight excluding hydrogens is 216 g/mol. The van der Waals surface area contributed by atoms with E-state index < -0.39 is 5.97 Å². The maximum absolute atomic E-state index is 10.9. The molecule has 2 N–H and O–H groups in total. The molecule has 84 valence electrons. The maximum atomic E-state index is 10.9. The van der Waals surface area contributed by atoms with Crippen LogP contribution in [0.1, 0.15) is 22.5 Å². The first-order chi connectivity index (χ1) is 7.16. The van der Waals surface area contributed by atoms with Gasteiger partial charge in [0.25, 0.3) is 0 Å². The van der Waals surface area contributed by atoms with Gasteiger partial charge in [0, 0.05) is 20.3 Å². The highest BCUT2D eigenvalue weighted by atomic mass is 32.1. The third-order valence-corrected chi connectivity index (χ3v) is 2.78. The van der Waals surface area contributed by atoms with Crippen LogP contribution in [0.5, 0.6) is 0 Å². The number of aromatic carboxylic acids is 1. The second kappa shape index (κ2) is 5.67. The number of ether oxygens (including phenoxy) is 1. The Kier molecular flexibility index (Phi) is 4.51. The van der Waals surface area contributed by atoms with Gasteiger partial charge in [-0.05, 0) is 24.9 Å². The van der Waals surface area contributed by atoms with Crippen LogP contribution < -0.4 is 5.32 Å². The Hall–Kier alpha value is -1.14. The molecule has 0 saturated heterocycles. The number of aromatic nitrogens is 1. The molecule has 0 aliphatic rings. The highest BCUT2D eigenvalue weighted by Gasteiger charge is 2.16. The molecule has 0 fully saturated rings. The first kappa shape index (κ1) is 11.9. The summed E-state index contributed by atoms with van der Waals surface area (Å²) in [6.07, 6.45) is 0.840. The molecule has 1 aromatic rings. The number of carboxylic acids is 1. The second-order valence-corrected chi connectivity index (χ2v) is 3.82. The number of nitrogens with one attached hydrogen (secondary N) is 1. The Morgan fingerprint density at radius 2 is 2.40 bits per heavy atom. The van der Waals surface area contributed by atoms with Crippen LogP contribution in [0.4, 0.5) is 5.00 Å². The summed E-state index contributed by atoms with van der Waals surface area (Å²) in [6.45, 7) is 3.04. The van der Waals surface area contributed by atoms with Crippen LogP contribution in [0.15, 0.2) is 0 Å². The van der Waals surface area contributed by atoms with Gasteiger partial charge in [0.15, 0.2) is 0 Å². The lowest BCUT2D eigenvalue weighted by Gasteiger charge is -2.03. The molecule has 6 heteroatoms. The number of aryl methyl sites for hydroxylation is 1. The Balaban J connectivity index is 2.57. The summed E-state index contributed by atoms with van der Waals surface area (Å²) in [6, 6.07) is 0. The Labute approximate surface area is 92.2 Å². The highest BCUT2D eigenvalue weighted by Crippen LogP contribution is 2.24. The molecule has 0 bridgehead atoms. The monoisotopic (exact) mass is 230 g/mol. The molecule has 1 heterocycles. The molecule has 0 saturated carbocycles. The fourth-order valence-corrected chi connectivity index (χ4v) is 1.97. The number of nitrogens with zero attached hydrogens (tertiary/aromatic N) is 1. The molecular formula is C9H14N2O3S. The van der Waals surface area contributed by atoms with Crippen LogP contribution in [-0.4, -0.2) is 35.7 Å². The molecule has 5 nitrogen and oxygen atoms in total. The van der Waals surface area contributed by atoms with Crippen LogP contribution in [0.2, 0.25) is 0 Å². The minimum absolute atomic E-state index is 0.275. The lowest BCUT2D eigenvalue weighted by atomic mass is 10.2. The van der Waals surface area contributed by atoms with Gasteiger partial charge in [-0.2, -0.15) is 4.37 Å². The lowest BCUT2D eigenvalue weighted by Crippen LogP contribution is -2.07. The number of hydrogen-bond donors (Lipinski definition) is 2. The zero-order chi connectivity index (χ0) is 11.3. The zero-order valence-electron chi connectivity index (χ0n) is 8.74. The van der Waals surface area contributed by atoms with Crippen molar-refractivity contribution in [2.75, 3.05) is 25.6 Å². The molecule has 0 atom stereocenters. The first-order valence-corrected chi connectivity index (χ1v) is 5.36. The largest absolute Gasteiger partial charge is 0.478 e. The van der Waals surface area contributed by atoms with E-state index in [0.29, 0.717) is 23.8 Å². The number of anilines is 1. The summed E-state index contributed by atoms with van der Waals surface area (Å²) in [7, 11) is 1.64. The standard InChI is InChI=1S/C9H14N2O3S/c1-6-7(9(12)13)8(15-11-6)10-4-3-5-14-2/h10H,3-5H2,1-2H3,(H,12,13). The maximum Gasteiger partial charge on any atom is 0.340 e. The predicted molar refractivity (Wildman–Crippen MR) is 58.8 cm³/mol. The fraction of sp³-hybridized carbons (Fsp3) is 0.556. The Morgan fingerprint density at radius 3 is 3.00 bits per heavy atom. The number of rotatable bonds is 6. The average molecular weight is 230 g/mol. The molecule has 1 aromatic heterocycles. The highest BCUT2D eigenvalue weighted by molar-refractivity contribution is 7.10. The van der Waals surface area contributed by atoms with Crippen molar-refractivity contribution in [3.63, 3.8) is 0 Å². The van der Waals surface area contributed by atoms with Crippen molar-refractivity contribution in [2.45, 2.75) is 13.3 Å². The number of carbonyl (C=O) groups is 1. The van der Waals surface area contributed by atoms with E-state index in [-0.39, 0.29) is 5.56 Å². The van der Waals surface area contributed by atoms with Crippen molar-refractivity contribution < 1.29 is 14.6 Å². The van der Waals surface area contributed by atoms with Gasteiger partial charge >= 0.3 is 5.97 Å². The van der Waals surface area contributed by atoms with Crippen LogP contribution in [0.25, 0.3) is 0 Å². The molecule has 0 aliphatic carbocycles. The second-order valence-electron chi connectivity index (χ2n) is 3.05. The normalized spacial score (nSPS) is 10.3. The van der Waals surface area contributed by atoms with E-state index in [2.05, 4.69) is 9.69 Å². The average Bonchev–Trinajstić information content (AvgIpc) is 2.54. The van der Waals surface area contributed by atoms with Crippen molar-refractivity contribution in [3.05, 3.63) is 11.3 Å². The van der Waals surface area contributed by atoms with Gasteiger partial charge < -0.3 is 15.2 Å². The van der Waals surface area contributed by atoms with Gasteiger partial charge in [0.05, 0.1) is 5.69 Å². The number of carboxylic acid groups (broad SMARTS) is 1. The zero-order valence-corrected chi connectivity index (χ0v) is 9.56. The first-order valence-electron chi connectivity index (χ1n) is 4.59. The van der Waals surface area contributed by atoms with E-state index in [1.54, 1.807) is 14.0 Å². The minimum Gasteiger partial charge on any atom is -0.478 e. The van der Waals surface area contributed by atoms with Crippen molar-refractivity contribution >= 4 is 22.5 Å². The van der Waals surface area contributed by atoms with E-state index in [0.717, 1.165) is 6.42 Å². The molecule has 1 rings (SSSR count). The van der Waals surface area contributed by atoms with E-state index in [9.17, 15) is 4.79 Å². The summed E-state index contributed by atoms with van der Waals surface area (Å²) in [5.74, 6) is -0.935. The molecule has 0 aromatic carbocycles. The summed E-state index contributed by atoms with van der Waals surface area (Å²) >= 11 is 1.18. The van der Waals surface area contributed by atoms with Gasteiger partial charge in [0.2, 0.25) is 0 Å². The molecule has 0 amide bonds. The number of hydrogen-bond acceptors (Lipinski definition) is 5. The minimum atomic E-state index is -0.935. The Bertz CT molecular complexity index is 338. The van der Waals surface area contributed by atoms with Gasteiger partial charge in [-0.1, -0.05) is 0 Å². The smallest absolute Gasteiger partial charge is 0.340 e. The van der Waals surface area contributed by atoms with E-state index in [4.69, 9.17) is 9.84 Å². The van der Waals surface area contributed by atoms with Gasteiger partial charge in [-0.15, -0.1) is 0 Å². The Morgan fingerprint density at radius 1 is 1.67 bits per heavy atom. The fourth-order valence-electron chi connectivity index (χ4n) is 1.16. The van der Waals surface area contributed by atoms with Crippen molar-refractivity contribution in [1.82, 2.24) is 4.37 Å². The SMILES string of the molecule is COCCCNc1snc(C)c1C(=O)O. The van der Waals surface area contributed by atoms with E-state index in [1.807, 2.05) is 0 Å². The van der Waals surface area contributed by atoms with Gasteiger partial charge in [-0.25, -0.2) is 4.79 Å². The predicted octanol–water partition coefficient (Wildman–Crippen LogP) is 1.60. The number of methoxy groups -OCH3 is 1. The topological polar surface area (TPSA) is 71.5 Å². The van der Waals surface area contributed by atoms with Crippen LogP contribution in [0, 0.1) is 6.92 Å². The summed E-state index contributed by atoms with van der Waals surface area (Å²) < 4.78 is 8.90. The third kappa shape index (κ3) is 3.17. The quantitative estimate of drug-likeness (QED) is 0.726. The van der Waals surface area contributed by atoms with Gasteiger partial charge in [-0.3, -0.25) is 0 Å². The van der Waals surface area contributed by atoms with E-state index in [1.165, 1.54) is 11.5 Å². The molecule has 0 aliphatic heterocycles. The summed E-state index contributed by atoms with van der Waals surface area (Å²) in [4.78, 5) is 10.9. The van der Waals surface area contributed by atoms with E-state index >= 15 is 0 Å². The molecule has 0 radical (unpaired) electrons. The van der Waals surface area contributed by atoms with Crippen molar-refractivity contribution in [1.29, 1.82) is 0 Å². The van der Waals surface area contributed by atoms with Crippen LogP contribution in [-0.2, 0) is 4.74 Å². The summed E-state index contributed by atoms with van der Waals surface area (Å²) in [5.41, 5.74) is 0.833. The van der Waals surface area contributed by atoms with Gasteiger partial charge in [0.1, 0.15) is 10.6 Å². The summed E-state index contributed by atoms with van der Waals surface area (Å²) in [5, 5.41) is 12.6. The molecule has 15 heavy (non-hydrogen) atoms. The van der Waals surface area contributed by atoms with Crippen LogP contribution in [0.3, 0.4) is 0 Å². The lowest BCUT2D eigenvalue weighted by molar-refractivity contribution is 0.0697. The molecule has 0 spiro atoms. The molecule has 0 unspecified atom stereocenters.